The lowest BCUT2D eigenvalue weighted by atomic mass is 10.1. The number of aromatic nitrogens is 1. The van der Waals surface area contributed by atoms with Crippen LogP contribution < -0.4 is 14.1 Å². The predicted molar refractivity (Wildman–Crippen MR) is 131 cm³/mol. The van der Waals surface area contributed by atoms with Crippen LogP contribution in [0.3, 0.4) is 0 Å². The van der Waals surface area contributed by atoms with E-state index in [-0.39, 0.29) is 10.8 Å². The van der Waals surface area contributed by atoms with Crippen LogP contribution in [-0.4, -0.2) is 30.1 Å². The van der Waals surface area contributed by atoms with Gasteiger partial charge in [-0.05, 0) is 37.8 Å². The maximum absolute atomic E-state index is 6.62. The number of ether oxygens (including phenoxy) is 2. The normalized spacial score (nSPS) is 15.9. The van der Waals surface area contributed by atoms with Gasteiger partial charge in [0, 0.05) is 47.6 Å². The summed E-state index contributed by atoms with van der Waals surface area (Å²) in [5.41, 5.74) is 3.10. The quantitative estimate of drug-likeness (QED) is 0.180. The highest BCUT2D eigenvalue weighted by Gasteiger charge is 2.38. The zero-order valence-electron chi connectivity index (χ0n) is 18.5. The Labute approximate surface area is 198 Å². The minimum absolute atomic E-state index is 0.198. The lowest BCUT2D eigenvalue weighted by Gasteiger charge is -2.35. The van der Waals surface area contributed by atoms with Gasteiger partial charge in [-0.15, -0.1) is 4.65 Å². The van der Waals surface area contributed by atoms with Gasteiger partial charge in [-0.25, -0.2) is 0 Å². The molecule has 168 valence electrons. The third kappa shape index (κ3) is 5.14. The van der Waals surface area contributed by atoms with Gasteiger partial charge >= 0.3 is 0 Å². The average Bonchev–Trinajstić information content (AvgIpc) is 3.36. The Bertz CT molecular complexity index is 981. The summed E-state index contributed by atoms with van der Waals surface area (Å²) in [6, 6.07) is 20.5. The average molecular weight is 498 g/mol. The van der Waals surface area contributed by atoms with E-state index < -0.39 is 0 Å². The number of benzene rings is 2. The monoisotopic (exact) mass is 497 g/mol. The lowest BCUT2D eigenvalue weighted by Crippen LogP contribution is -2.44. The number of hydroxylamine groups is 1. The van der Waals surface area contributed by atoms with Crippen LogP contribution in [-0.2, 0) is 11.4 Å². The molecule has 1 fully saturated rings. The summed E-state index contributed by atoms with van der Waals surface area (Å²) in [5, 5.41) is 0.731. The van der Waals surface area contributed by atoms with Crippen molar-refractivity contribution in [1.29, 1.82) is 0 Å². The highest BCUT2D eigenvalue weighted by molar-refractivity contribution is 9.09. The lowest BCUT2D eigenvalue weighted by molar-refractivity contribution is -0.104. The van der Waals surface area contributed by atoms with Gasteiger partial charge in [0.25, 0.3) is 0 Å². The molecule has 1 aliphatic carbocycles. The summed E-state index contributed by atoms with van der Waals surface area (Å²) in [6.45, 7) is 1.14. The van der Waals surface area contributed by atoms with E-state index in [2.05, 4.69) is 51.2 Å². The first kappa shape index (κ1) is 22.8. The van der Waals surface area contributed by atoms with Gasteiger partial charge in [-0.3, -0.25) is 4.98 Å². The molecule has 0 aliphatic heterocycles. The smallest absolute Gasteiger partial charge is 0.174 e. The number of methoxy groups -OCH3 is 1. The molecular weight excluding hydrogens is 468 g/mol. The molecule has 1 atom stereocenters. The van der Waals surface area contributed by atoms with Crippen molar-refractivity contribution in [2.45, 2.75) is 38.3 Å². The van der Waals surface area contributed by atoms with Crippen LogP contribution >= 0.6 is 15.9 Å². The van der Waals surface area contributed by atoms with Gasteiger partial charge in [0.2, 0.25) is 0 Å². The van der Waals surface area contributed by atoms with E-state index in [0.717, 1.165) is 46.6 Å². The molecule has 32 heavy (non-hydrogen) atoms. The van der Waals surface area contributed by atoms with E-state index in [0.29, 0.717) is 13.2 Å². The zero-order chi connectivity index (χ0) is 22.2. The van der Waals surface area contributed by atoms with E-state index >= 15 is 0 Å². The molecule has 1 aliphatic rings. The second kappa shape index (κ2) is 10.9. The Balaban J connectivity index is 1.82. The first-order valence-electron chi connectivity index (χ1n) is 11.1. The molecular formula is C26H30BrN2O3+. The largest absolute Gasteiger partial charge is 0.493 e. The van der Waals surface area contributed by atoms with Crippen molar-refractivity contribution in [2.75, 3.05) is 19.0 Å². The Hall–Kier alpha value is -2.41. The van der Waals surface area contributed by atoms with Crippen molar-refractivity contribution in [2.24, 2.45) is 0 Å². The summed E-state index contributed by atoms with van der Waals surface area (Å²) >= 11 is 3.54. The van der Waals surface area contributed by atoms with Gasteiger partial charge in [0.15, 0.2) is 22.9 Å². The highest BCUT2D eigenvalue weighted by atomic mass is 79.9. The van der Waals surface area contributed by atoms with Crippen molar-refractivity contribution >= 4 is 27.3 Å². The van der Waals surface area contributed by atoms with Crippen LogP contribution in [0.25, 0.3) is 0 Å². The summed E-state index contributed by atoms with van der Waals surface area (Å²) in [6.07, 6.45) is 8.52. The van der Waals surface area contributed by atoms with Crippen LogP contribution in [0.4, 0.5) is 11.4 Å². The molecule has 0 spiro atoms. The molecule has 0 amide bonds. The molecule has 0 radical (unpaired) electrons. The number of pyridine rings is 1. The van der Waals surface area contributed by atoms with E-state index in [1.54, 1.807) is 13.3 Å². The SMILES string of the molecule is COc1ccc([N+](Cc2cccnc2)(OCCBr)c2ccccc2)cc1OC1CCCC1. The van der Waals surface area contributed by atoms with Crippen LogP contribution in [0.2, 0.25) is 0 Å². The minimum atomic E-state index is 0.198. The number of alkyl halides is 1. The fourth-order valence-corrected chi connectivity index (χ4v) is 4.45. The number of nitrogens with zero attached hydrogens (tertiary/aromatic N) is 2. The number of para-hydroxylation sites is 1. The maximum Gasteiger partial charge on any atom is 0.174 e. The number of rotatable bonds is 10. The second-order valence-electron chi connectivity index (χ2n) is 7.98. The molecule has 5 nitrogen and oxygen atoms in total. The molecule has 1 unspecified atom stereocenters. The topological polar surface area (TPSA) is 40.6 Å². The van der Waals surface area contributed by atoms with Crippen LogP contribution in [0.1, 0.15) is 31.2 Å². The Morgan fingerprint density at radius 1 is 0.969 bits per heavy atom. The summed E-state index contributed by atoms with van der Waals surface area (Å²) < 4.78 is 12.2. The molecule has 4 rings (SSSR count). The summed E-state index contributed by atoms with van der Waals surface area (Å²) in [5.74, 6) is 1.51. The van der Waals surface area contributed by atoms with Crippen molar-refractivity contribution in [3.05, 3.63) is 78.6 Å². The number of hydrogen-bond acceptors (Lipinski definition) is 4. The van der Waals surface area contributed by atoms with Crippen molar-refractivity contribution in [3.63, 3.8) is 0 Å². The molecule has 1 heterocycles. The Morgan fingerprint density at radius 2 is 1.78 bits per heavy atom. The van der Waals surface area contributed by atoms with Gasteiger partial charge in [-0.2, -0.15) is 4.84 Å². The predicted octanol–water partition coefficient (Wildman–Crippen LogP) is 6.58. The maximum atomic E-state index is 6.62. The van der Waals surface area contributed by atoms with Crippen LogP contribution in [0, 0.1) is 0 Å². The third-order valence-corrected chi connectivity index (χ3v) is 6.17. The fourth-order valence-electron chi connectivity index (χ4n) is 4.30. The Kier molecular flexibility index (Phi) is 7.79. The number of quaternary nitrogens is 1. The first-order chi connectivity index (χ1) is 15.7. The van der Waals surface area contributed by atoms with Crippen LogP contribution in [0.15, 0.2) is 73.1 Å². The molecule has 6 heteroatoms. The highest BCUT2D eigenvalue weighted by Crippen LogP contribution is 2.42. The van der Waals surface area contributed by atoms with E-state index in [1.807, 2.05) is 36.5 Å². The van der Waals surface area contributed by atoms with Crippen molar-refractivity contribution < 1.29 is 14.3 Å². The van der Waals surface area contributed by atoms with Crippen LogP contribution in [0.5, 0.6) is 11.5 Å². The van der Waals surface area contributed by atoms with E-state index in [9.17, 15) is 0 Å². The summed E-state index contributed by atoms with van der Waals surface area (Å²) in [4.78, 5) is 11.0. The van der Waals surface area contributed by atoms with Gasteiger partial charge in [-0.1, -0.05) is 40.2 Å². The minimum Gasteiger partial charge on any atom is -0.493 e. The van der Waals surface area contributed by atoms with Gasteiger partial charge < -0.3 is 9.47 Å². The third-order valence-electron chi connectivity index (χ3n) is 5.85. The molecule has 1 aromatic heterocycles. The van der Waals surface area contributed by atoms with E-state index in [4.69, 9.17) is 14.3 Å². The fraction of sp³-hybridized carbons (Fsp3) is 0.346. The van der Waals surface area contributed by atoms with Gasteiger partial charge in [0.05, 0.1) is 13.2 Å². The van der Waals surface area contributed by atoms with Gasteiger partial charge in [0.1, 0.15) is 13.2 Å². The van der Waals surface area contributed by atoms with E-state index in [1.165, 1.54) is 12.8 Å². The van der Waals surface area contributed by atoms with Crippen molar-refractivity contribution in [1.82, 2.24) is 9.63 Å². The molecule has 3 aromatic rings. The molecule has 0 N–H and O–H groups in total. The number of halogens is 1. The molecule has 1 saturated carbocycles. The first-order valence-corrected chi connectivity index (χ1v) is 12.3. The zero-order valence-corrected chi connectivity index (χ0v) is 20.0. The second-order valence-corrected chi connectivity index (χ2v) is 8.77. The number of hydrogen-bond donors (Lipinski definition) is 0. The molecule has 0 bridgehead atoms. The standard InChI is InChI=1S/C26H30BrN2O3/c1-30-25-14-13-23(18-26(25)32-24-11-5-6-12-24)29(31-17-15-27,22-9-3-2-4-10-22)20-21-8-7-16-28-19-21/h2-4,7-10,13-14,16,18-19,24H,5-6,11-12,15,17,20H2,1H3/q+1. The Morgan fingerprint density at radius 3 is 2.47 bits per heavy atom. The molecule has 2 aromatic carbocycles. The summed E-state index contributed by atoms with van der Waals surface area (Å²) in [7, 11) is 1.69. The molecule has 0 saturated heterocycles. The van der Waals surface area contributed by atoms with Crippen molar-refractivity contribution in [3.8, 4) is 11.5 Å².